The fraction of sp³-hybridized carbons (Fsp3) is 1.00. The Morgan fingerprint density at radius 3 is 1.79 bits per heavy atom. The first-order valence-electron chi connectivity index (χ1n) is 4.70. The first-order chi connectivity index (χ1) is 6.36. The molecule has 0 bridgehead atoms. The molecule has 0 heterocycles. The van der Waals surface area contributed by atoms with E-state index in [0.717, 1.165) is 0 Å². The summed E-state index contributed by atoms with van der Waals surface area (Å²) >= 11 is 0. The number of hydrogen-bond donors (Lipinski definition) is 4. The summed E-state index contributed by atoms with van der Waals surface area (Å²) < 4.78 is 5.07. The minimum Gasteiger partial charge on any atom is -0.391 e. The molecule has 0 aromatic carbocycles. The van der Waals surface area contributed by atoms with Crippen LogP contribution in [0.25, 0.3) is 0 Å². The van der Waals surface area contributed by atoms with Crippen LogP contribution in [0.4, 0.5) is 0 Å². The molecule has 0 amide bonds. The SMILES string of the molecule is CC(O)COC(C)C(O)C(O)C(C)O. The minimum atomic E-state index is -1.24. The van der Waals surface area contributed by atoms with E-state index in [2.05, 4.69) is 0 Å². The minimum absolute atomic E-state index is 0.0881. The number of aliphatic hydroxyl groups excluding tert-OH is 4. The van der Waals surface area contributed by atoms with Crippen molar-refractivity contribution < 1.29 is 25.2 Å². The summed E-state index contributed by atoms with van der Waals surface area (Å²) in [5.41, 5.74) is 0. The molecule has 0 aliphatic carbocycles. The molecule has 86 valence electrons. The van der Waals surface area contributed by atoms with Gasteiger partial charge in [0.2, 0.25) is 0 Å². The van der Waals surface area contributed by atoms with Gasteiger partial charge in [-0.3, -0.25) is 0 Å². The first kappa shape index (κ1) is 13.8. The normalized spacial score (nSPS) is 22.5. The smallest absolute Gasteiger partial charge is 0.108 e. The van der Waals surface area contributed by atoms with Crippen LogP contribution in [0.1, 0.15) is 20.8 Å². The lowest BCUT2D eigenvalue weighted by atomic mass is 10.1. The van der Waals surface area contributed by atoms with Crippen LogP contribution in [0.3, 0.4) is 0 Å². The first-order valence-corrected chi connectivity index (χ1v) is 4.70. The summed E-state index contributed by atoms with van der Waals surface area (Å²) in [6.45, 7) is 4.60. The van der Waals surface area contributed by atoms with Crippen molar-refractivity contribution in [2.75, 3.05) is 6.61 Å². The van der Waals surface area contributed by atoms with E-state index in [0.29, 0.717) is 0 Å². The molecular weight excluding hydrogens is 188 g/mol. The molecule has 5 unspecified atom stereocenters. The van der Waals surface area contributed by atoms with Crippen molar-refractivity contribution >= 4 is 0 Å². The molecule has 0 saturated heterocycles. The van der Waals surface area contributed by atoms with Crippen LogP contribution in [0.15, 0.2) is 0 Å². The van der Waals surface area contributed by atoms with Gasteiger partial charge in [-0.15, -0.1) is 0 Å². The predicted octanol–water partition coefficient (Wildman–Crippen LogP) is -1.13. The Morgan fingerprint density at radius 1 is 0.929 bits per heavy atom. The molecule has 0 radical (unpaired) electrons. The molecule has 0 aliphatic heterocycles. The Balaban J connectivity index is 3.92. The molecule has 4 N–H and O–H groups in total. The average molecular weight is 208 g/mol. The van der Waals surface area contributed by atoms with Crippen LogP contribution >= 0.6 is 0 Å². The maximum atomic E-state index is 9.45. The summed E-state index contributed by atoms with van der Waals surface area (Å²) in [4.78, 5) is 0. The van der Waals surface area contributed by atoms with E-state index in [-0.39, 0.29) is 6.61 Å². The highest BCUT2D eigenvalue weighted by atomic mass is 16.5. The molecule has 0 spiro atoms. The topological polar surface area (TPSA) is 90.2 Å². The van der Waals surface area contributed by atoms with Crippen molar-refractivity contribution in [3.8, 4) is 0 Å². The van der Waals surface area contributed by atoms with E-state index in [1.807, 2.05) is 0 Å². The summed E-state index contributed by atoms with van der Waals surface area (Å²) in [6, 6.07) is 0. The maximum absolute atomic E-state index is 9.45. The molecule has 0 saturated carbocycles. The second kappa shape index (κ2) is 6.31. The molecular formula is C9H20O5. The van der Waals surface area contributed by atoms with Crippen LogP contribution in [-0.2, 0) is 4.74 Å². The largest absolute Gasteiger partial charge is 0.391 e. The number of aliphatic hydroxyl groups is 4. The van der Waals surface area contributed by atoms with Crippen molar-refractivity contribution in [3.63, 3.8) is 0 Å². The van der Waals surface area contributed by atoms with Crippen molar-refractivity contribution in [2.45, 2.75) is 51.3 Å². The van der Waals surface area contributed by atoms with E-state index < -0.39 is 30.5 Å². The van der Waals surface area contributed by atoms with Gasteiger partial charge in [0, 0.05) is 0 Å². The van der Waals surface area contributed by atoms with Gasteiger partial charge in [-0.2, -0.15) is 0 Å². The molecule has 0 fully saturated rings. The van der Waals surface area contributed by atoms with Gasteiger partial charge < -0.3 is 25.2 Å². The second-order valence-electron chi connectivity index (χ2n) is 3.61. The van der Waals surface area contributed by atoms with Crippen molar-refractivity contribution in [2.24, 2.45) is 0 Å². The van der Waals surface area contributed by atoms with Gasteiger partial charge in [-0.25, -0.2) is 0 Å². The number of hydrogen-bond acceptors (Lipinski definition) is 5. The molecule has 5 atom stereocenters. The molecule has 14 heavy (non-hydrogen) atoms. The van der Waals surface area contributed by atoms with Crippen LogP contribution in [0, 0.1) is 0 Å². The second-order valence-corrected chi connectivity index (χ2v) is 3.61. The molecule has 5 heteroatoms. The zero-order chi connectivity index (χ0) is 11.3. The van der Waals surface area contributed by atoms with E-state index in [1.165, 1.54) is 6.92 Å². The van der Waals surface area contributed by atoms with E-state index in [4.69, 9.17) is 14.9 Å². The van der Waals surface area contributed by atoms with Crippen LogP contribution in [0.5, 0.6) is 0 Å². The number of rotatable bonds is 6. The maximum Gasteiger partial charge on any atom is 0.108 e. The summed E-state index contributed by atoms with van der Waals surface area (Å²) in [7, 11) is 0. The zero-order valence-corrected chi connectivity index (χ0v) is 8.79. The lowest BCUT2D eigenvalue weighted by Gasteiger charge is -2.26. The van der Waals surface area contributed by atoms with Gasteiger partial charge in [0.25, 0.3) is 0 Å². The van der Waals surface area contributed by atoms with E-state index in [1.54, 1.807) is 13.8 Å². The fourth-order valence-electron chi connectivity index (χ4n) is 0.953. The summed E-state index contributed by atoms with van der Waals surface area (Å²) in [5.74, 6) is 0. The fourth-order valence-corrected chi connectivity index (χ4v) is 0.953. The summed E-state index contributed by atoms with van der Waals surface area (Å²) in [6.07, 6.45) is -4.65. The predicted molar refractivity (Wildman–Crippen MR) is 50.8 cm³/mol. The quantitative estimate of drug-likeness (QED) is 0.444. The number of ether oxygens (including phenoxy) is 1. The standard InChI is InChI=1S/C9H20O5/c1-5(10)4-14-7(3)9(13)8(12)6(2)11/h5-13H,4H2,1-3H3. The Hall–Kier alpha value is -0.200. The molecule has 5 nitrogen and oxygen atoms in total. The van der Waals surface area contributed by atoms with Gasteiger partial charge in [0.15, 0.2) is 0 Å². The van der Waals surface area contributed by atoms with Crippen molar-refractivity contribution in [1.29, 1.82) is 0 Å². The van der Waals surface area contributed by atoms with E-state index >= 15 is 0 Å². The van der Waals surface area contributed by atoms with Gasteiger partial charge >= 0.3 is 0 Å². The molecule has 0 rings (SSSR count). The zero-order valence-electron chi connectivity index (χ0n) is 8.79. The lowest BCUT2D eigenvalue weighted by molar-refractivity contribution is -0.122. The highest BCUT2D eigenvalue weighted by Crippen LogP contribution is 2.07. The third-order valence-corrected chi connectivity index (χ3v) is 1.93. The third-order valence-electron chi connectivity index (χ3n) is 1.93. The van der Waals surface area contributed by atoms with Gasteiger partial charge in [0.05, 0.1) is 24.9 Å². The Kier molecular flexibility index (Phi) is 6.22. The summed E-state index contributed by atoms with van der Waals surface area (Å²) in [5, 5.41) is 36.7. The monoisotopic (exact) mass is 208 g/mol. The molecule has 0 aromatic heterocycles. The highest BCUT2D eigenvalue weighted by Gasteiger charge is 2.27. The van der Waals surface area contributed by atoms with Crippen LogP contribution in [0.2, 0.25) is 0 Å². The van der Waals surface area contributed by atoms with Crippen LogP contribution in [-0.4, -0.2) is 57.6 Å². The van der Waals surface area contributed by atoms with Crippen molar-refractivity contribution in [3.05, 3.63) is 0 Å². The van der Waals surface area contributed by atoms with Gasteiger partial charge in [0.1, 0.15) is 12.2 Å². The Bertz CT molecular complexity index is 148. The molecule has 0 aromatic rings. The Morgan fingerprint density at radius 2 is 1.43 bits per heavy atom. The third kappa shape index (κ3) is 4.88. The van der Waals surface area contributed by atoms with Crippen LogP contribution < -0.4 is 0 Å². The van der Waals surface area contributed by atoms with E-state index in [9.17, 15) is 10.2 Å². The molecule has 0 aliphatic rings. The van der Waals surface area contributed by atoms with Crippen molar-refractivity contribution in [1.82, 2.24) is 0 Å². The lowest BCUT2D eigenvalue weighted by Crippen LogP contribution is -2.43. The average Bonchev–Trinajstić information content (AvgIpc) is 2.11. The highest BCUT2D eigenvalue weighted by molar-refractivity contribution is 4.77. The van der Waals surface area contributed by atoms with Gasteiger partial charge in [-0.05, 0) is 20.8 Å². The Labute approximate surface area is 83.9 Å². The van der Waals surface area contributed by atoms with Gasteiger partial charge in [-0.1, -0.05) is 0 Å².